The van der Waals surface area contributed by atoms with Gasteiger partial charge in [-0.3, -0.25) is 9.59 Å². The number of ketones is 1. The quantitative estimate of drug-likeness (QED) is 0.752. The van der Waals surface area contributed by atoms with Gasteiger partial charge >= 0.3 is 5.97 Å². The Hall–Kier alpha value is -1.68. The first-order valence-corrected chi connectivity index (χ1v) is 6.90. The molecule has 1 aromatic rings. The fraction of sp³-hybridized carbons (Fsp3) is 0.500. The lowest BCUT2D eigenvalue weighted by Crippen LogP contribution is -2.41. The van der Waals surface area contributed by atoms with Crippen molar-refractivity contribution in [3.63, 3.8) is 0 Å². The highest BCUT2D eigenvalue weighted by molar-refractivity contribution is 6.01. The van der Waals surface area contributed by atoms with Gasteiger partial charge in [-0.1, -0.05) is 31.5 Å². The van der Waals surface area contributed by atoms with E-state index in [2.05, 4.69) is 5.32 Å². The number of aliphatic carboxylic acids is 1. The van der Waals surface area contributed by atoms with Crippen LogP contribution in [0.3, 0.4) is 0 Å². The van der Waals surface area contributed by atoms with Crippen molar-refractivity contribution in [2.24, 2.45) is 0 Å². The largest absolute Gasteiger partial charge is 0.481 e. The Morgan fingerprint density at radius 3 is 2.45 bits per heavy atom. The molecule has 1 atom stereocenters. The van der Waals surface area contributed by atoms with Crippen LogP contribution in [0.1, 0.15) is 48.2 Å². The average Bonchev–Trinajstić information content (AvgIpc) is 2.36. The summed E-state index contributed by atoms with van der Waals surface area (Å²) in [6, 6.07) is 5.43. The van der Waals surface area contributed by atoms with Crippen molar-refractivity contribution >= 4 is 11.8 Å². The normalized spacial score (nSPS) is 12.4. The summed E-state index contributed by atoms with van der Waals surface area (Å²) >= 11 is 0. The van der Waals surface area contributed by atoms with Crippen LogP contribution in [-0.4, -0.2) is 28.9 Å². The van der Waals surface area contributed by atoms with E-state index < -0.39 is 12.0 Å². The van der Waals surface area contributed by atoms with Gasteiger partial charge in [-0.25, -0.2) is 0 Å². The van der Waals surface area contributed by atoms with Crippen molar-refractivity contribution < 1.29 is 14.7 Å². The van der Waals surface area contributed by atoms with Crippen LogP contribution < -0.4 is 5.32 Å². The van der Waals surface area contributed by atoms with E-state index in [9.17, 15) is 9.59 Å². The molecule has 0 bridgehead atoms. The third-order valence-electron chi connectivity index (χ3n) is 3.16. The summed E-state index contributed by atoms with van der Waals surface area (Å²) in [6.45, 7) is 7.74. The highest BCUT2D eigenvalue weighted by atomic mass is 16.4. The third-order valence-corrected chi connectivity index (χ3v) is 3.16. The van der Waals surface area contributed by atoms with Crippen molar-refractivity contribution in [3.8, 4) is 0 Å². The summed E-state index contributed by atoms with van der Waals surface area (Å²) in [7, 11) is 0. The van der Waals surface area contributed by atoms with E-state index >= 15 is 0 Å². The lowest BCUT2D eigenvalue weighted by atomic mass is 9.95. The zero-order chi connectivity index (χ0) is 15.3. The summed E-state index contributed by atoms with van der Waals surface area (Å²) in [5.74, 6) is -0.907. The summed E-state index contributed by atoms with van der Waals surface area (Å²) in [6.07, 6.45) is 0.292. The number of benzene rings is 1. The molecular weight excluding hydrogens is 254 g/mol. The van der Waals surface area contributed by atoms with Crippen molar-refractivity contribution in [1.29, 1.82) is 0 Å². The molecule has 0 aliphatic rings. The molecule has 4 heteroatoms. The second kappa shape index (κ2) is 7.20. The van der Waals surface area contributed by atoms with Gasteiger partial charge in [-0.15, -0.1) is 0 Å². The average molecular weight is 277 g/mol. The molecule has 0 aromatic heterocycles. The predicted molar refractivity (Wildman–Crippen MR) is 79.2 cm³/mol. The van der Waals surface area contributed by atoms with Gasteiger partial charge in [0.1, 0.15) is 0 Å². The van der Waals surface area contributed by atoms with E-state index in [1.807, 2.05) is 45.9 Å². The van der Waals surface area contributed by atoms with Gasteiger partial charge in [0, 0.05) is 18.0 Å². The van der Waals surface area contributed by atoms with Crippen molar-refractivity contribution in [1.82, 2.24) is 5.32 Å². The SMILES string of the molecule is Cc1ccc(C)c(C(=O)C(CCC(=O)O)NC(C)C)c1. The molecule has 0 radical (unpaired) electrons. The summed E-state index contributed by atoms with van der Waals surface area (Å²) in [5, 5.41) is 12.0. The van der Waals surface area contributed by atoms with E-state index in [-0.39, 0.29) is 18.2 Å². The van der Waals surface area contributed by atoms with Crippen LogP contribution in [0.4, 0.5) is 0 Å². The molecular formula is C16H23NO3. The van der Waals surface area contributed by atoms with Crippen LogP contribution in [0, 0.1) is 13.8 Å². The molecule has 1 unspecified atom stereocenters. The van der Waals surface area contributed by atoms with Gasteiger partial charge < -0.3 is 10.4 Å². The number of carbonyl (C=O) groups is 2. The second-order valence-corrected chi connectivity index (χ2v) is 5.49. The Kier molecular flexibility index (Phi) is 5.89. The molecule has 0 fully saturated rings. The van der Waals surface area contributed by atoms with Crippen LogP contribution in [0.2, 0.25) is 0 Å². The molecule has 0 heterocycles. The number of Topliss-reactive ketones (excluding diaryl/α,β-unsaturated/α-hetero) is 1. The smallest absolute Gasteiger partial charge is 0.303 e. The number of hydrogen-bond acceptors (Lipinski definition) is 3. The first-order valence-electron chi connectivity index (χ1n) is 6.90. The Morgan fingerprint density at radius 1 is 1.25 bits per heavy atom. The molecule has 20 heavy (non-hydrogen) atoms. The third kappa shape index (κ3) is 4.78. The number of carbonyl (C=O) groups excluding carboxylic acids is 1. The van der Waals surface area contributed by atoms with E-state index in [1.165, 1.54) is 0 Å². The molecule has 110 valence electrons. The summed E-state index contributed by atoms with van der Waals surface area (Å²) < 4.78 is 0. The Bertz CT molecular complexity index is 494. The number of rotatable bonds is 7. The monoisotopic (exact) mass is 277 g/mol. The summed E-state index contributed by atoms with van der Waals surface area (Å²) in [4.78, 5) is 23.3. The van der Waals surface area contributed by atoms with Gasteiger partial charge in [0.05, 0.1) is 6.04 Å². The maximum absolute atomic E-state index is 12.6. The van der Waals surface area contributed by atoms with E-state index in [1.54, 1.807) is 0 Å². The molecule has 0 spiro atoms. The minimum absolute atomic E-state index is 0.0129. The molecule has 0 amide bonds. The lowest BCUT2D eigenvalue weighted by molar-refractivity contribution is -0.137. The minimum atomic E-state index is -0.880. The highest BCUT2D eigenvalue weighted by Crippen LogP contribution is 2.15. The Balaban J connectivity index is 2.96. The van der Waals surface area contributed by atoms with Gasteiger partial charge in [0.15, 0.2) is 5.78 Å². The highest BCUT2D eigenvalue weighted by Gasteiger charge is 2.22. The molecule has 1 aromatic carbocycles. The van der Waals surface area contributed by atoms with Crippen LogP contribution >= 0.6 is 0 Å². The van der Waals surface area contributed by atoms with Crippen LogP contribution in [0.25, 0.3) is 0 Å². The number of carboxylic acids is 1. The maximum atomic E-state index is 12.6. The van der Waals surface area contributed by atoms with Gasteiger partial charge in [-0.05, 0) is 31.9 Å². The molecule has 2 N–H and O–H groups in total. The fourth-order valence-corrected chi connectivity index (χ4v) is 2.15. The van der Waals surface area contributed by atoms with Gasteiger partial charge in [0.2, 0.25) is 0 Å². The van der Waals surface area contributed by atoms with Crippen LogP contribution in [0.15, 0.2) is 18.2 Å². The zero-order valence-electron chi connectivity index (χ0n) is 12.6. The van der Waals surface area contributed by atoms with E-state index in [4.69, 9.17) is 5.11 Å². The topological polar surface area (TPSA) is 66.4 Å². The lowest BCUT2D eigenvalue weighted by Gasteiger charge is -2.20. The fourth-order valence-electron chi connectivity index (χ4n) is 2.15. The Labute approximate surface area is 120 Å². The molecule has 0 aliphatic heterocycles. The van der Waals surface area contributed by atoms with Crippen LogP contribution in [0.5, 0.6) is 0 Å². The van der Waals surface area contributed by atoms with Crippen LogP contribution in [-0.2, 0) is 4.79 Å². The molecule has 0 saturated heterocycles. The maximum Gasteiger partial charge on any atom is 0.303 e. The van der Waals surface area contributed by atoms with Crippen molar-refractivity contribution in [3.05, 3.63) is 34.9 Å². The molecule has 1 rings (SSSR count). The summed E-state index contributed by atoms with van der Waals surface area (Å²) in [5.41, 5.74) is 2.63. The van der Waals surface area contributed by atoms with E-state index in [0.29, 0.717) is 12.0 Å². The number of aryl methyl sites for hydroxylation is 2. The van der Waals surface area contributed by atoms with E-state index in [0.717, 1.165) is 11.1 Å². The standard InChI is InChI=1S/C16H23NO3/c1-10(2)17-14(7-8-15(18)19)16(20)13-9-11(3)5-6-12(13)4/h5-6,9-10,14,17H,7-8H2,1-4H3,(H,18,19). The van der Waals surface area contributed by atoms with Gasteiger partial charge in [-0.2, -0.15) is 0 Å². The minimum Gasteiger partial charge on any atom is -0.481 e. The molecule has 0 saturated carbocycles. The van der Waals surface area contributed by atoms with Gasteiger partial charge in [0.25, 0.3) is 0 Å². The number of hydrogen-bond donors (Lipinski definition) is 2. The predicted octanol–water partition coefficient (Wildman–Crippen LogP) is 2.72. The molecule has 4 nitrogen and oxygen atoms in total. The number of nitrogens with one attached hydrogen (secondary N) is 1. The molecule has 0 aliphatic carbocycles. The van der Waals surface area contributed by atoms with Crippen molar-refractivity contribution in [2.75, 3.05) is 0 Å². The second-order valence-electron chi connectivity index (χ2n) is 5.49. The first kappa shape index (κ1) is 16.4. The first-order chi connectivity index (χ1) is 9.31. The Morgan fingerprint density at radius 2 is 1.90 bits per heavy atom. The number of carboxylic acid groups (broad SMARTS) is 1. The zero-order valence-corrected chi connectivity index (χ0v) is 12.6. The van der Waals surface area contributed by atoms with Crippen molar-refractivity contribution in [2.45, 2.75) is 52.6 Å².